The van der Waals surface area contributed by atoms with Crippen LogP contribution in [0.25, 0.3) is 0 Å². The molecule has 2 saturated heterocycles. The first-order valence-corrected chi connectivity index (χ1v) is 11.4. The van der Waals surface area contributed by atoms with E-state index >= 15 is 0 Å². The van der Waals surface area contributed by atoms with E-state index in [0.29, 0.717) is 24.1 Å². The molecule has 144 valence electrons. The molecule has 1 N–H and O–H groups in total. The van der Waals surface area contributed by atoms with Gasteiger partial charge in [-0.25, -0.2) is 0 Å². The number of likely N-dealkylation sites (tertiary alicyclic amines) is 2. The molecule has 2 unspecified atom stereocenters. The zero-order chi connectivity index (χ0) is 18.2. The zero-order valence-electron chi connectivity index (χ0n) is 15.9. The summed E-state index contributed by atoms with van der Waals surface area (Å²) in [5, 5.41) is 3.42. The number of guanidine groups is 1. The summed E-state index contributed by atoms with van der Waals surface area (Å²) < 4.78 is 12.3. The molecule has 1 aromatic rings. The number of aliphatic imine (C=N–C) groups is 1. The summed E-state index contributed by atoms with van der Waals surface area (Å²) in [5.74, 6) is 2.23. The van der Waals surface area contributed by atoms with Crippen molar-refractivity contribution in [1.29, 1.82) is 0 Å². The van der Waals surface area contributed by atoms with Crippen molar-refractivity contribution in [3.8, 4) is 0 Å². The van der Waals surface area contributed by atoms with Gasteiger partial charge in [0.05, 0.1) is 6.54 Å². The predicted molar refractivity (Wildman–Crippen MR) is 110 cm³/mol. The first-order valence-electron chi connectivity index (χ1n) is 9.92. The van der Waals surface area contributed by atoms with Crippen LogP contribution in [0.3, 0.4) is 0 Å². The SMILES string of the molecule is CCNC(=NCCS(=O)Cc1ccccc1)N1CCC(N2CCCC2)C1. The van der Waals surface area contributed by atoms with Gasteiger partial charge in [-0.1, -0.05) is 30.3 Å². The number of nitrogens with zero attached hydrogens (tertiary/aromatic N) is 3. The van der Waals surface area contributed by atoms with Gasteiger partial charge in [-0.2, -0.15) is 0 Å². The monoisotopic (exact) mass is 376 g/mol. The van der Waals surface area contributed by atoms with Crippen LogP contribution in [0.15, 0.2) is 35.3 Å². The van der Waals surface area contributed by atoms with Crippen LogP contribution in [0.5, 0.6) is 0 Å². The summed E-state index contributed by atoms with van der Waals surface area (Å²) >= 11 is 0. The Kier molecular flexibility index (Phi) is 7.50. The van der Waals surface area contributed by atoms with Crippen molar-refractivity contribution in [2.45, 2.75) is 38.0 Å². The largest absolute Gasteiger partial charge is 0.357 e. The van der Waals surface area contributed by atoms with Crippen LogP contribution in [0.2, 0.25) is 0 Å². The molecule has 2 heterocycles. The van der Waals surface area contributed by atoms with Gasteiger partial charge in [-0.05, 0) is 44.8 Å². The molecule has 5 nitrogen and oxygen atoms in total. The van der Waals surface area contributed by atoms with Crippen LogP contribution in [-0.4, -0.2) is 71.0 Å². The molecule has 2 atom stereocenters. The highest BCUT2D eigenvalue weighted by molar-refractivity contribution is 7.84. The van der Waals surface area contributed by atoms with E-state index < -0.39 is 10.8 Å². The third kappa shape index (κ3) is 5.55. The van der Waals surface area contributed by atoms with Crippen LogP contribution >= 0.6 is 0 Å². The van der Waals surface area contributed by atoms with Crippen molar-refractivity contribution in [3.05, 3.63) is 35.9 Å². The minimum absolute atomic E-state index is 0.618. The van der Waals surface area contributed by atoms with E-state index in [2.05, 4.69) is 22.0 Å². The van der Waals surface area contributed by atoms with Gasteiger partial charge in [0, 0.05) is 48.0 Å². The number of hydrogen-bond acceptors (Lipinski definition) is 3. The Bertz CT molecular complexity index is 601. The molecule has 26 heavy (non-hydrogen) atoms. The lowest BCUT2D eigenvalue weighted by Gasteiger charge is -2.25. The van der Waals surface area contributed by atoms with Gasteiger partial charge in [0.25, 0.3) is 0 Å². The Hall–Kier alpha value is -1.40. The summed E-state index contributed by atoms with van der Waals surface area (Å²) in [6.07, 6.45) is 3.92. The average molecular weight is 377 g/mol. The van der Waals surface area contributed by atoms with E-state index in [1.807, 2.05) is 30.3 Å². The minimum atomic E-state index is -0.863. The molecule has 0 aliphatic carbocycles. The summed E-state index contributed by atoms with van der Waals surface area (Å²) in [7, 11) is -0.863. The fourth-order valence-corrected chi connectivity index (χ4v) is 4.85. The highest BCUT2D eigenvalue weighted by Gasteiger charge is 2.30. The van der Waals surface area contributed by atoms with Gasteiger partial charge in [-0.3, -0.25) is 14.1 Å². The van der Waals surface area contributed by atoms with E-state index in [4.69, 9.17) is 4.99 Å². The van der Waals surface area contributed by atoms with E-state index in [1.54, 1.807) is 0 Å². The third-order valence-corrected chi connectivity index (χ3v) is 6.50. The van der Waals surface area contributed by atoms with Gasteiger partial charge < -0.3 is 10.2 Å². The van der Waals surface area contributed by atoms with E-state index in [-0.39, 0.29) is 0 Å². The van der Waals surface area contributed by atoms with Crippen molar-refractivity contribution in [2.24, 2.45) is 4.99 Å². The van der Waals surface area contributed by atoms with Gasteiger partial charge in [0.2, 0.25) is 0 Å². The zero-order valence-corrected chi connectivity index (χ0v) is 16.7. The maximum atomic E-state index is 12.3. The summed E-state index contributed by atoms with van der Waals surface area (Å²) in [5.41, 5.74) is 1.13. The number of nitrogens with one attached hydrogen (secondary N) is 1. The molecule has 0 radical (unpaired) electrons. The van der Waals surface area contributed by atoms with Gasteiger partial charge in [0.1, 0.15) is 0 Å². The Morgan fingerprint density at radius 2 is 2.00 bits per heavy atom. The van der Waals surface area contributed by atoms with Crippen molar-refractivity contribution in [1.82, 2.24) is 15.1 Å². The predicted octanol–water partition coefficient (Wildman–Crippen LogP) is 2.07. The average Bonchev–Trinajstić information content (AvgIpc) is 3.33. The van der Waals surface area contributed by atoms with Gasteiger partial charge in [0.15, 0.2) is 5.96 Å². The first-order chi connectivity index (χ1) is 12.8. The van der Waals surface area contributed by atoms with Gasteiger partial charge >= 0.3 is 0 Å². The van der Waals surface area contributed by atoms with Crippen molar-refractivity contribution in [3.63, 3.8) is 0 Å². The normalized spacial score (nSPS) is 22.7. The third-order valence-electron chi connectivity index (χ3n) is 5.21. The fourth-order valence-electron chi connectivity index (χ4n) is 3.85. The van der Waals surface area contributed by atoms with E-state index in [0.717, 1.165) is 31.2 Å². The van der Waals surface area contributed by atoms with Crippen LogP contribution in [0.4, 0.5) is 0 Å². The molecule has 0 aromatic heterocycles. The van der Waals surface area contributed by atoms with Crippen molar-refractivity contribution in [2.75, 3.05) is 45.0 Å². The van der Waals surface area contributed by atoms with Crippen LogP contribution in [0, 0.1) is 0 Å². The minimum Gasteiger partial charge on any atom is -0.357 e. The Morgan fingerprint density at radius 3 is 2.73 bits per heavy atom. The lowest BCUT2D eigenvalue weighted by Crippen LogP contribution is -2.42. The molecule has 6 heteroatoms. The lowest BCUT2D eigenvalue weighted by molar-refractivity contribution is 0.249. The fraction of sp³-hybridized carbons (Fsp3) is 0.650. The van der Waals surface area contributed by atoms with E-state index in [1.165, 1.54) is 32.4 Å². The van der Waals surface area contributed by atoms with Crippen LogP contribution < -0.4 is 5.32 Å². The Labute approximate surface area is 160 Å². The molecular weight excluding hydrogens is 344 g/mol. The highest BCUT2D eigenvalue weighted by Crippen LogP contribution is 2.20. The molecule has 0 spiro atoms. The van der Waals surface area contributed by atoms with Crippen LogP contribution in [0.1, 0.15) is 31.7 Å². The van der Waals surface area contributed by atoms with Gasteiger partial charge in [-0.15, -0.1) is 0 Å². The topological polar surface area (TPSA) is 47.9 Å². The lowest BCUT2D eigenvalue weighted by atomic mass is 10.2. The summed E-state index contributed by atoms with van der Waals surface area (Å²) in [6.45, 7) is 8.24. The molecule has 2 aliphatic rings. The quantitative estimate of drug-likeness (QED) is 0.585. The smallest absolute Gasteiger partial charge is 0.193 e. The second-order valence-corrected chi connectivity index (χ2v) is 8.72. The molecule has 0 amide bonds. The maximum absolute atomic E-state index is 12.3. The molecule has 1 aromatic carbocycles. The number of benzene rings is 1. The molecular formula is C20H32N4OS. The molecule has 3 rings (SSSR count). The number of hydrogen-bond donors (Lipinski definition) is 1. The summed E-state index contributed by atoms with van der Waals surface area (Å²) in [6, 6.07) is 10.7. The maximum Gasteiger partial charge on any atom is 0.193 e. The molecule has 2 fully saturated rings. The number of rotatable bonds is 7. The van der Waals surface area contributed by atoms with Crippen molar-refractivity contribution < 1.29 is 4.21 Å². The van der Waals surface area contributed by atoms with Crippen molar-refractivity contribution >= 4 is 16.8 Å². The first kappa shape index (κ1) is 19.4. The standard InChI is InChI=1S/C20H32N4OS/c1-2-21-20(24-14-10-19(16-24)23-12-6-7-13-23)22-11-15-26(25)17-18-8-4-3-5-9-18/h3-5,8-9,19H,2,6-7,10-17H2,1H3,(H,21,22). The van der Waals surface area contributed by atoms with E-state index in [9.17, 15) is 4.21 Å². The molecule has 0 saturated carbocycles. The molecule has 0 bridgehead atoms. The van der Waals surface area contributed by atoms with Crippen LogP contribution in [-0.2, 0) is 16.6 Å². The second-order valence-electron chi connectivity index (χ2n) is 7.14. The highest BCUT2D eigenvalue weighted by atomic mass is 32.2. The second kappa shape index (κ2) is 10.1. The molecule has 2 aliphatic heterocycles. The Balaban J connectivity index is 1.48. The summed E-state index contributed by atoms with van der Waals surface area (Å²) in [4.78, 5) is 9.78. The Morgan fingerprint density at radius 1 is 1.23 bits per heavy atom.